The first-order chi connectivity index (χ1) is 9.95. The summed E-state index contributed by atoms with van der Waals surface area (Å²) in [6.07, 6.45) is 0. The van der Waals surface area contributed by atoms with Gasteiger partial charge in [-0.05, 0) is 0 Å². The van der Waals surface area contributed by atoms with E-state index in [4.69, 9.17) is 8.74 Å². The summed E-state index contributed by atoms with van der Waals surface area (Å²) in [5.41, 5.74) is 0. The van der Waals surface area contributed by atoms with Gasteiger partial charge in [-0.3, -0.25) is 0 Å². The summed E-state index contributed by atoms with van der Waals surface area (Å²) in [5.74, 6) is -0.148. The van der Waals surface area contributed by atoms with Crippen molar-refractivity contribution >= 4 is 38.8 Å². The first kappa shape index (κ1) is 20.3. The molecule has 122 valence electrons. The summed E-state index contributed by atoms with van der Waals surface area (Å²) in [5, 5.41) is 0. The summed E-state index contributed by atoms with van der Waals surface area (Å²) in [4.78, 5) is -0.406. The van der Waals surface area contributed by atoms with Crippen LogP contribution in [0.2, 0.25) is 0 Å². The van der Waals surface area contributed by atoms with Crippen LogP contribution in [0.25, 0.3) is 0 Å². The molecule has 0 aliphatic rings. The van der Waals surface area contributed by atoms with Crippen LogP contribution in [-0.4, -0.2) is 36.9 Å². The van der Waals surface area contributed by atoms with Crippen molar-refractivity contribution in [2.24, 2.45) is 0 Å². The fraction of sp³-hybridized carbons (Fsp3) is 0.143. The van der Waals surface area contributed by atoms with Gasteiger partial charge < -0.3 is 0 Å². The molecule has 22 heavy (non-hydrogen) atoms. The molecule has 1 aromatic carbocycles. The Labute approximate surface area is 139 Å². The van der Waals surface area contributed by atoms with E-state index in [1.165, 1.54) is 0 Å². The number of benzene rings is 1. The molecule has 0 bridgehead atoms. The molecule has 0 radical (unpaired) electrons. The fourth-order valence-corrected chi connectivity index (χ4v) is 28.8. The van der Waals surface area contributed by atoms with Gasteiger partial charge in [0.1, 0.15) is 0 Å². The molecule has 0 saturated carbocycles. The van der Waals surface area contributed by atoms with E-state index in [0.29, 0.717) is 0 Å². The standard InChI is InChI=1S/C6H5O6PS2.CH3O3PS.Zr/c7-14(8,9)6-3-1-5(2-4-6)12-15(10,11)13;1-4-6(2,3)5;/h1-4H,(H,7,8,9);1H3;. The van der Waals surface area contributed by atoms with E-state index >= 15 is 0 Å². The molecule has 1 N–H and O–H groups in total. The molecule has 0 amide bonds. The number of hydrogen-bond donors (Lipinski definition) is 1. The van der Waals surface area contributed by atoms with Crippen LogP contribution in [0.3, 0.4) is 0 Å². The minimum absolute atomic E-state index is 0.0611. The zero-order chi connectivity index (χ0) is 17.0. The molecule has 0 fully saturated rings. The van der Waals surface area contributed by atoms with Crippen LogP contribution in [0, 0.1) is 0 Å². The van der Waals surface area contributed by atoms with Gasteiger partial charge in [0.05, 0.1) is 0 Å². The Hall–Kier alpha value is 0.273. The molecule has 15 heteroatoms. The summed E-state index contributed by atoms with van der Waals surface area (Å²) in [7, 11) is -11.1. The third kappa shape index (κ3) is 7.23. The summed E-state index contributed by atoms with van der Waals surface area (Å²) >= 11 is -1.86. The zero-order valence-corrected chi connectivity index (χ0v) is 17.3. The molecule has 0 saturated heterocycles. The van der Waals surface area contributed by atoms with Gasteiger partial charge in [0.25, 0.3) is 0 Å². The van der Waals surface area contributed by atoms with Crippen molar-refractivity contribution in [2.45, 2.75) is 4.90 Å². The molecule has 1 aromatic rings. The van der Waals surface area contributed by atoms with Crippen molar-refractivity contribution in [3.8, 4) is 5.75 Å². The summed E-state index contributed by atoms with van der Waals surface area (Å²) < 4.78 is 84.6. The van der Waals surface area contributed by atoms with Gasteiger partial charge in [-0.2, -0.15) is 0 Å². The van der Waals surface area contributed by atoms with E-state index < -0.39 is 55.5 Å². The van der Waals surface area contributed by atoms with Crippen LogP contribution in [0.15, 0.2) is 29.2 Å². The number of rotatable bonds is 6. The van der Waals surface area contributed by atoms with Crippen LogP contribution in [0.4, 0.5) is 0 Å². The van der Waals surface area contributed by atoms with E-state index in [-0.39, 0.29) is 15.0 Å². The topological polar surface area (TPSA) is 141 Å². The first-order valence-electron chi connectivity index (χ1n) is 4.97. The Bertz CT molecular complexity index is 912. The Kier molecular flexibility index (Phi) is 7.29. The average molecular weight is 486 g/mol. The molecule has 0 spiro atoms. The monoisotopic (exact) mass is 484 g/mol. The molecule has 0 aliphatic carbocycles. The first-order valence-corrected chi connectivity index (χ1v) is 18.8. The predicted octanol–water partition coefficient (Wildman–Crippen LogP) is 1.25. The van der Waals surface area contributed by atoms with Crippen molar-refractivity contribution in [1.82, 2.24) is 0 Å². The van der Waals surface area contributed by atoms with E-state index in [2.05, 4.69) is 4.18 Å². The van der Waals surface area contributed by atoms with Gasteiger partial charge in [-0.15, -0.1) is 0 Å². The minimum atomic E-state index is -4.38. The summed E-state index contributed by atoms with van der Waals surface area (Å²) in [6, 6.07) is 4.07. The van der Waals surface area contributed by atoms with Crippen molar-refractivity contribution in [3.05, 3.63) is 24.3 Å². The average Bonchev–Trinajstić information content (AvgIpc) is 2.37. The van der Waals surface area contributed by atoms with Crippen LogP contribution in [0.5, 0.6) is 5.75 Å². The second kappa shape index (κ2) is 7.90. The Morgan fingerprint density at radius 3 is 1.91 bits per heavy atom. The predicted molar refractivity (Wildman–Crippen MR) is 75.6 cm³/mol. The normalized spacial score (nSPS) is 13.0. The van der Waals surface area contributed by atoms with Gasteiger partial charge in [0, 0.05) is 0 Å². The molecule has 0 aromatic heterocycles. The van der Waals surface area contributed by atoms with Crippen LogP contribution >= 0.6 is 9.21 Å². The zero-order valence-electron chi connectivity index (χ0n) is 10.6. The molecule has 0 atom stereocenters. The number of hydrogen-bond acceptors (Lipinski definition) is 8. The maximum atomic E-state index is 11.7. The molecule has 1 rings (SSSR count). The molecule has 9 nitrogen and oxygen atoms in total. The third-order valence-electron chi connectivity index (χ3n) is 1.84. The van der Waals surface area contributed by atoms with Crippen molar-refractivity contribution in [1.29, 1.82) is 0 Å². The molecule has 0 heterocycles. The van der Waals surface area contributed by atoms with Crippen LogP contribution in [0.1, 0.15) is 0 Å². The van der Waals surface area contributed by atoms with E-state index in [0.717, 1.165) is 31.4 Å². The van der Waals surface area contributed by atoms with Gasteiger partial charge in [0.2, 0.25) is 0 Å². The van der Waals surface area contributed by atoms with Gasteiger partial charge in [-0.1, -0.05) is 0 Å². The maximum absolute atomic E-state index is 11.7. The van der Waals surface area contributed by atoms with E-state index in [9.17, 15) is 25.3 Å². The molecule has 0 aliphatic heterocycles. The third-order valence-corrected chi connectivity index (χ3v) is 28.8. The Morgan fingerprint density at radius 2 is 1.45 bits per heavy atom. The van der Waals surface area contributed by atoms with Crippen LogP contribution in [-0.2, 0) is 54.8 Å². The van der Waals surface area contributed by atoms with Gasteiger partial charge in [0.15, 0.2) is 0 Å². The van der Waals surface area contributed by atoms with Crippen molar-refractivity contribution in [2.75, 3.05) is 7.11 Å². The van der Waals surface area contributed by atoms with Gasteiger partial charge >= 0.3 is 140 Å². The fourth-order valence-electron chi connectivity index (χ4n) is 0.961. The Balaban J connectivity index is 2.97. The Morgan fingerprint density at radius 1 is 0.955 bits per heavy atom. The quantitative estimate of drug-likeness (QED) is 0.465. The van der Waals surface area contributed by atoms with E-state index in [1.807, 2.05) is 0 Å². The van der Waals surface area contributed by atoms with E-state index in [1.54, 1.807) is 0 Å². The molecular formula is C7H8O9P2S3Zr. The second-order valence-electron chi connectivity index (χ2n) is 3.33. The SMILES string of the molecule is COS(=O)(=O)[P]=[Zr]=[P]S(=O)(=O)Oc1ccc(S(=O)(=O)O)cc1. The van der Waals surface area contributed by atoms with Crippen LogP contribution < -0.4 is 4.18 Å². The summed E-state index contributed by atoms with van der Waals surface area (Å²) in [6.45, 7) is 0. The molecule has 0 unspecified atom stereocenters. The van der Waals surface area contributed by atoms with Crippen molar-refractivity contribution in [3.63, 3.8) is 0 Å². The molecular weight excluding hydrogens is 477 g/mol. The second-order valence-corrected chi connectivity index (χ2v) is 24.4. The van der Waals surface area contributed by atoms with Gasteiger partial charge in [-0.25, -0.2) is 0 Å². The van der Waals surface area contributed by atoms with Crippen molar-refractivity contribution < 1.29 is 59.2 Å².